The fourth-order valence-corrected chi connectivity index (χ4v) is 3.95. The summed E-state index contributed by atoms with van der Waals surface area (Å²) >= 11 is 0. The largest absolute Gasteiger partial charge is 0.382 e. The average Bonchev–Trinajstić information content (AvgIpc) is 2.74. The first-order chi connectivity index (χ1) is 15.0. The monoisotopic (exact) mass is 426 g/mol. The molecule has 0 aliphatic carbocycles. The van der Waals surface area contributed by atoms with Crippen molar-refractivity contribution >= 4 is 11.5 Å². The van der Waals surface area contributed by atoms with Crippen LogP contribution in [-0.2, 0) is 17.8 Å². The standard InChI is InChI=1S/C24H38N6O/c1-17(2)27-24-21(15-26)23(28-20-7-11-31-12-8-20)14-22(29-24)19-6-4-5-18(13-19)16-30(3)10-9-25/h4-6,13-14,17,20H,7-12,15-16,25-26H2,1-3H3,(H2,27,28,29). The van der Waals surface area contributed by atoms with Gasteiger partial charge in [0.15, 0.2) is 0 Å². The Morgan fingerprint density at radius 2 is 1.97 bits per heavy atom. The Kier molecular flexibility index (Phi) is 8.66. The van der Waals surface area contributed by atoms with E-state index in [1.165, 1.54) is 5.56 Å². The Labute approximate surface area is 186 Å². The molecule has 2 heterocycles. The van der Waals surface area contributed by atoms with Crippen molar-refractivity contribution in [3.63, 3.8) is 0 Å². The maximum Gasteiger partial charge on any atom is 0.133 e. The van der Waals surface area contributed by atoms with Gasteiger partial charge in [-0.3, -0.25) is 0 Å². The van der Waals surface area contributed by atoms with Gasteiger partial charge in [-0.2, -0.15) is 0 Å². The molecular weight excluding hydrogens is 388 g/mol. The van der Waals surface area contributed by atoms with Crippen LogP contribution in [0.15, 0.2) is 30.3 Å². The summed E-state index contributed by atoms with van der Waals surface area (Å²) in [6, 6.07) is 11.4. The quantitative estimate of drug-likeness (QED) is 0.463. The molecule has 6 N–H and O–H groups in total. The zero-order valence-corrected chi connectivity index (χ0v) is 19.2. The third-order valence-corrected chi connectivity index (χ3v) is 5.52. The maximum absolute atomic E-state index is 6.17. The number of benzene rings is 1. The maximum atomic E-state index is 6.17. The summed E-state index contributed by atoms with van der Waals surface area (Å²) in [6.45, 7) is 8.64. The van der Waals surface area contributed by atoms with Crippen LogP contribution in [0.3, 0.4) is 0 Å². The Hall–Kier alpha value is -2.19. The molecule has 2 aromatic rings. The van der Waals surface area contributed by atoms with Crippen molar-refractivity contribution in [2.24, 2.45) is 11.5 Å². The fraction of sp³-hybridized carbons (Fsp3) is 0.542. The minimum Gasteiger partial charge on any atom is -0.382 e. The van der Waals surface area contributed by atoms with Crippen LogP contribution in [0.25, 0.3) is 11.3 Å². The molecule has 31 heavy (non-hydrogen) atoms. The van der Waals surface area contributed by atoms with Gasteiger partial charge in [0.05, 0.1) is 5.69 Å². The van der Waals surface area contributed by atoms with E-state index in [-0.39, 0.29) is 6.04 Å². The van der Waals surface area contributed by atoms with Crippen molar-refractivity contribution in [1.29, 1.82) is 0 Å². The zero-order valence-electron chi connectivity index (χ0n) is 19.2. The van der Waals surface area contributed by atoms with Crippen LogP contribution in [0, 0.1) is 0 Å². The number of nitrogens with one attached hydrogen (secondary N) is 2. The summed E-state index contributed by atoms with van der Waals surface area (Å²) in [5, 5.41) is 7.22. The molecule has 170 valence electrons. The molecule has 3 rings (SSSR count). The summed E-state index contributed by atoms with van der Waals surface area (Å²) in [7, 11) is 2.09. The molecule has 1 saturated heterocycles. The highest BCUT2D eigenvalue weighted by Crippen LogP contribution is 2.31. The molecule has 1 aromatic carbocycles. The fourth-order valence-electron chi connectivity index (χ4n) is 3.95. The predicted octanol–water partition coefficient (Wildman–Crippen LogP) is 3.01. The van der Waals surface area contributed by atoms with Crippen molar-refractivity contribution < 1.29 is 4.74 Å². The Balaban J connectivity index is 1.96. The average molecular weight is 427 g/mol. The lowest BCUT2D eigenvalue weighted by atomic mass is 10.0. The topological polar surface area (TPSA) is 101 Å². The van der Waals surface area contributed by atoms with Crippen LogP contribution in [0.4, 0.5) is 11.5 Å². The smallest absolute Gasteiger partial charge is 0.133 e. The van der Waals surface area contributed by atoms with Crippen LogP contribution >= 0.6 is 0 Å². The molecule has 1 fully saturated rings. The molecule has 1 aliphatic heterocycles. The highest BCUT2D eigenvalue weighted by molar-refractivity contribution is 5.73. The zero-order chi connectivity index (χ0) is 22.2. The van der Waals surface area contributed by atoms with Gasteiger partial charge < -0.3 is 31.7 Å². The van der Waals surface area contributed by atoms with E-state index in [1.54, 1.807) is 0 Å². The molecule has 1 aromatic heterocycles. The van der Waals surface area contributed by atoms with E-state index in [0.29, 0.717) is 19.1 Å². The Morgan fingerprint density at radius 1 is 1.19 bits per heavy atom. The van der Waals surface area contributed by atoms with Crippen LogP contribution < -0.4 is 22.1 Å². The molecular formula is C24H38N6O. The normalized spacial score (nSPS) is 14.9. The molecule has 7 heteroatoms. The SMILES string of the molecule is CC(C)Nc1nc(-c2cccc(CN(C)CCN)c2)cc(NC2CCOCC2)c1CN. The molecule has 0 radical (unpaired) electrons. The van der Waals surface area contributed by atoms with Gasteiger partial charge in [-0.25, -0.2) is 4.98 Å². The van der Waals surface area contributed by atoms with Crippen molar-refractivity contribution in [3.8, 4) is 11.3 Å². The summed E-state index contributed by atoms with van der Waals surface area (Å²) in [4.78, 5) is 7.20. The number of hydrogen-bond acceptors (Lipinski definition) is 7. The van der Waals surface area contributed by atoms with E-state index < -0.39 is 0 Å². The van der Waals surface area contributed by atoms with Gasteiger partial charge in [-0.05, 0) is 51.4 Å². The van der Waals surface area contributed by atoms with Crippen molar-refractivity contribution in [3.05, 3.63) is 41.5 Å². The summed E-state index contributed by atoms with van der Waals surface area (Å²) < 4.78 is 5.52. The molecule has 0 bridgehead atoms. The summed E-state index contributed by atoms with van der Waals surface area (Å²) in [6.07, 6.45) is 2.00. The lowest BCUT2D eigenvalue weighted by molar-refractivity contribution is 0.0904. The number of pyridine rings is 1. The third-order valence-electron chi connectivity index (χ3n) is 5.52. The van der Waals surface area contributed by atoms with Crippen molar-refractivity contribution in [2.45, 2.75) is 51.9 Å². The molecule has 0 atom stereocenters. The number of nitrogens with two attached hydrogens (primary N) is 2. The van der Waals surface area contributed by atoms with Crippen LogP contribution in [0.1, 0.15) is 37.8 Å². The third kappa shape index (κ3) is 6.64. The molecule has 0 amide bonds. The molecule has 7 nitrogen and oxygen atoms in total. The lowest BCUT2D eigenvalue weighted by Gasteiger charge is -2.27. The highest BCUT2D eigenvalue weighted by Gasteiger charge is 2.19. The number of likely N-dealkylation sites (N-methyl/N-ethyl adjacent to an activating group) is 1. The number of ether oxygens (including phenoxy) is 1. The number of hydrogen-bond donors (Lipinski definition) is 4. The minimum atomic E-state index is 0.264. The van der Waals surface area contributed by atoms with Gasteiger partial charge >= 0.3 is 0 Å². The molecule has 1 aliphatic rings. The van der Waals surface area contributed by atoms with Gasteiger partial charge in [0.25, 0.3) is 0 Å². The van der Waals surface area contributed by atoms with Gasteiger partial charge in [0.1, 0.15) is 5.82 Å². The second-order valence-corrected chi connectivity index (χ2v) is 8.64. The van der Waals surface area contributed by atoms with Crippen LogP contribution in [0.2, 0.25) is 0 Å². The second kappa shape index (κ2) is 11.4. The van der Waals surface area contributed by atoms with Gasteiger partial charge in [-0.15, -0.1) is 0 Å². The van der Waals surface area contributed by atoms with E-state index in [0.717, 1.165) is 67.5 Å². The molecule has 0 unspecified atom stereocenters. The Morgan fingerprint density at radius 3 is 2.65 bits per heavy atom. The van der Waals surface area contributed by atoms with E-state index in [1.807, 2.05) is 0 Å². The van der Waals surface area contributed by atoms with E-state index in [2.05, 4.69) is 66.8 Å². The summed E-state index contributed by atoms with van der Waals surface area (Å²) in [5.41, 5.74) is 17.2. The highest BCUT2D eigenvalue weighted by atomic mass is 16.5. The number of nitrogens with zero attached hydrogens (tertiary/aromatic N) is 2. The van der Waals surface area contributed by atoms with Gasteiger partial charge in [0, 0.05) is 68.3 Å². The molecule has 0 spiro atoms. The summed E-state index contributed by atoms with van der Waals surface area (Å²) in [5.74, 6) is 0.857. The van der Waals surface area contributed by atoms with E-state index >= 15 is 0 Å². The van der Waals surface area contributed by atoms with Gasteiger partial charge in [-0.1, -0.05) is 18.2 Å². The van der Waals surface area contributed by atoms with Crippen LogP contribution in [0.5, 0.6) is 0 Å². The minimum absolute atomic E-state index is 0.264. The van der Waals surface area contributed by atoms with Gasteiger partial charge in [0.2, 0.25) is 0 Å². The first-order valence-corrected chi connectivity index (χ1v) is 11.3. The van der Waals surface area contributed by atoms with E-state index in [9.17, 15) is 0 Å². The molecule has 0 saturated carbocycles. The second-order valence-electron chi connectivity index (χ2n) is 8.64. The predicted molar refractivity (Wildman–Crippen MR) is 129 cm³/mol. The lowest BCUT2D eigenvalue weighted by Crippen LogP contribution is -2.29. The number of anilines is 2. The number of rotatable bonds is 10. The van der Waals surface area contributed by atoms with E-state index in [4.69, 9.17) is 21.2 Å². The van der Waals surface area contributed by atoms with Crippen molar-refractivity contribution in [1.82, 2.24) is 9.88 Å². The van der Waals surface area contributed by atoms with Crippen LogP contribution in [-0.4, -0.2) is 55.3 Å². The first kappa shape index (κ1) is 23.5. The number of aromatic nitrogens is 1. The first-order valence-electron chi connectivity index (χ1n) is 11.3. The Bertz CT molecular complexity index is 835. The van der Waals surface area contributed by atoms with Crippen molar-refractivity contribution in [2.75, 3.05) is 44.0 Å².